The van der Waals surface area contributed by atoms with E-state index in [1.54, 1.807) is 30.6 Å². The van der Waals surface area contributed by atoms with Gasteiger partial charge in [0.05, 0.1) is 0 Å². The summed E-state index contributed by atoms with van der Waals surface area (Å²) in [5, 5.41) is 2.86. The fourth-order valence-electron chi connectivity index (χ4n) is 3.28. The summed E-state index contributed by atoms with van der Waals surface area (Å²) in [7, 11) is 0. The van der Waals surface area contributed by atoms with Gasteiger partial charge in [-0.05, 0) is 48.2 Å². The fourth-order valence-corrected chi connectivity index (χ4v) is 3.28. The molecule has 0 saturated carbocycles. The van der Waals surface area contributed by atoms with Gasteiger partial charge in [0.1, 0.15) is 5.82 Å². The van der Waals surface area contributed by atoms with Crippen LogP contribution in [0.2, 0.25) is 0 Å². The molecule has 1 aliphatic rings. The maximum Gasteiger partial charge on any atom is 0.251 e. The third kappa shape index (κ3) is 4.17. The van der Waals surface area contributed by atoms with E-state index in [1.807, 2.05) is 18.2 Å². The molecule has 0 bridgehead atoms. The minimum Gasteiger partial charge on any atom is -0.348 e. The van der Waals surface area contributed by atoms with Crippen LogP contribution in [0.5, 0.6) is 0 Å². The fraction of sp³-hybridized carbons (Fsp3) is 0.227. The van der Waals surface area contributed by atoms with Crippen LogP contribution in [0.4, 0.5) is 10.3 Å². The van der Waals surface area contributed by atoms with Gasteiger partial charge in [0, 0.05) is 43.2 Å². The Morgan fingerprint density at radius 3 is 2.43 bits per heavy atom. The monoisotopic (exact) mass is 376 g/mol. The Morgan fingerprint density at radius 2 is 1.71 bits per heavy atom. The molecule has 2 aromatic carbocycles. The summed E-state index contributed by atoms with van der Waals surface area (Å²) in [6.07, 6.45) is 5.97. The maximum atomic E-state index is 13.0. The minimum absolute atomic E-state index is 0.180. The first-order valence-corrected chi connectivity index (χ1v) is 9.39. The second kappa shape index (κ2) is 8.17. The first-order chi connectivity index (χ1) is 13.7. The number of nitrogens with zero attached hydrogens (tertiary/aromatic N) is 3. The zero-order valence-corrected chi connectivity index (χ0v) is 15.4. The first kappa shape index (κ1) is 18.1. The zero-order valence-electron chi connectivity index (χ0n) is 15.4. The number of carbonyl (C=O) groups excluding carboxylic acids is 1. The van der Waals surface area contributed by atoms with Crippen molar-refractivity contribution in [2.24, 2.45) is 0 Å². The number of hydrogen-bond donors (Lipinski definition) is 1. The van der Waals surface area contributed by atoms with Crippen LogP contribution < -0.4 is 10.2 Å². The summed E-state index contributed by atoms with van der Waals surface area (Å²) < 4.78 is 13.0. The lowest BCUT2D eigenvalue weighted by Gasteiger charge is -2.14. The molecule has 1 N–H and O–H groups in total. The molecule has 0 aliphatic carbocycles. The summed E-state index contributed by atoms with van der Waals surface area (Å²) in [5.41, 5.74) is 3.17. The average Bonchev–Trinajstić information content (AvgIpc) is 3.28. The lowest BCUT2D eigenvalue weighted by atomic mass is 10.1. The summed E-state index contributed by atoms with van der Waals surface area (Å²) in [5.74, 6) is 0.288. The van der Waals surface area contributed by atoms with Crippen LogP contribution in [-0.4, -0.2) is 29.0 Å². The lowest BCUT2D eigenvalue weighted by Crippen LogP contribution is -2.22. The minimum atomic E-state index is -0.291. The van der Waals surface area contributed by atoms with E-state index in [0.717, 1.165) is 35.7 Å². The molecular formula is C22H21FN4O. The van der Waals surface area contributed by atoms with Crippen LogP contribution in [0, 0.1) is 5.82 Å². The van der Waals surface area contributed by atoms with E-state index in [4.69, 9.17) is 0 Å². The van der Waals surface area contributed by atoms with Gasteiger partial charge in [0.2, 0.25) is 5.95 Å². The predicted octanol–water partition coefficient (Wildman–Crippen LogP) is 3.81. The Balaban J connectivity index is 1.44. The third-order valence-corrected chi connectivity index (χ3v) is 4.85. The number of carbonyl (C=O) groups is 1. The van der Waals surface area contributed by atoms with Crippen LogP contribution in [-0.2, 0) is 6.54 Å². The van der Waals surface area contributed by atoms with Gasteiger partial charge >= 0.3 is 0 Å². The maximum absolute atomic E-state index is 13.0. The van der Waals surface area contributed by atoms with Crippen molar-refractivity contribution in [2.45, 2.75) is 19.4 Å². The van der Waals surface area contributed by atoms with E-state index >= 15 is 0 Å². The van der Waals surface area contributed by atoms with E-state index in [2.05, 4.69) is 20.2 Å². The van der Waals surface area contributed by atoms with Crippen LogP contribution in [0.25, 0.3) is 11.1 Å². The van der Waals surface area contributed by atoms with Crippen molar-refractivity contribution < 1.29 is 9.18 Å². The molecule has 0 unspecified atom stereocenters. The van der Waals surface area contributed by atoms with Crippen molar-refractivity contribution >= 4 is 11.9 Å². The normalized spacial score (nSPS) is 13.5. The van der Waals surface area contributed by atoms with Crippen molar-refractivity contribution in [3.05, 3.63) is 77.9 Å². The number of nitrogens with one attached hydrogen (secondary N) is 1. The van der Waals surface area contributed by atoms with E-state index in [-0.39, 0.29) is 11.7 Å². The SMILES string of the molecule is O=C(NCc1ccc(F)cc1)c1cccc(-c2cnc(N3CCCC3)nc2)c1. The van der Waals surface area contributed by atoms with Crippen molar-refractivity contribution in [1.29, 1.82) is 0 Å². The molecule has 28 heavy (non-hydrogen) atoms. The van der Waals surface area contributed by atoms with E-state index in [9.17, 15) is 9.18 Å². The van der Waals surface area contributed by atoms with Crippen LogP contribution >= 0.6 is 0 Å². The molecule has 1 fully saturated rings. The molecule has 1 aliphatic heterocycles. The van der Waals surface area contributed by atoms with Crippen molar-refractivity contribution in [3.8, 4) is 11.1 Å². The van der Waals surface area contributed by atoms with E-state index < -0.39 is 0 Å². The van der Waals surface area contributed by atoms with Gasteiger partial charge < -0.3 is 10.2 Å². The summed E-state index contributed by atoms with van der Waals surface area (Å²) >= 11 is 0. The molecule has 6 heteroatoms. The molecule has 1 aromatic heterocycles. The number of anilines is 1. The highest BCUT2D eigenvalue weighted by Crippen LogP contribution is 2.22. The topological polar surface area (TPSA) is 58.1 Å². The highest BCUT2D eigenvalue weighted by molar-refractivity contribution is 5.95. The van der Waals surface area contributed by atoms with E-state index in [0.29, 0.717) is 12.1 Å². The molecule has 4 rings (SSSR count). The molecule has 2 heterocycles. The molecule has 3 aromatic rings. The molecule has 142 valence electrons. The number of rotatable bonds is 5. The Kier molecular flexibility index (Phi) is 5.28. The zero-order chi connectivity index (χ0) is 19.3. The highest BCUT2D eigenvalue weighted by atomic mass is 19.1. The number of amides is 1. The predicted molar refractivity (Wildman–Crippen MR) is 106 cm³/mol. The third-order valence-electron chi connectivity index (χ3n) is 4.85. The van der Waals surface area contributed by atoms with Crippen molar-refractivity contribution in [2.75, 3.05) is 18.0 Å². The van der Waals surface area contributed by atoms with Crippen LogP contribution in [0.3, 0.4) is 0 Å². The average molecular weight is 376 g/mol. The standard InChI is InChI=1S/C22H21FN4O/c23-20-8-6-16(7-9-20)13-24-21(28)18-5-3-4-17(12-18)19-14-25-22(26-15-19)27-10-1-2-11-27/h3-9,12,14-15H,1-2,10-11,13H2,(H,24,28). The lowest BCUT2D eigenvalue weighted by molar-refractivity contribution is 0.0951. The van der Waals surface area contributed by atoms with Crippen molar-refractivity contribution in [3.63, 3.8) is 0 Å². The van der Waals surface area contributed by atoms with Gasteiger partial charge in [-0.3, -0.25) is 4.79 Å². The van der Waals surface area contributed by atoms with Gasteiger partial charge in [0.25, 0.3) is 5.91 Å². The Morgan fingerprint density at radius 1 is 1.00 bits per heavy atom. The number of benzene rings is 2. The quantitative estimate of drug-likeness (QED) is 0.736. The Hall–Kier alpha value is -3.28. The second-order valence-electron chi connectivity index (χ2n) is 6.86. The Bertz CT molecular complexity index is 951. The molecule has 1 saturated heterocycles. The van der Waals surface area contributed by atoms with Gasteiger partial charge in [0.15, 0.2) is 0 Å². The number of halogens is 1. The highest BCUT2D eigenvalue weighted by Gasteiger charge is 2.15. The second-order valence-corrected chi connectivity index (χ2v) is 6.86. The van der Waals surface area contributed by atoms with Crippen LogP contribution in [0.15, 0.2) is 60.9 Å². The van der Waals surface area contributed by atoms with Crippen molar-refractivity contribution in [1.82, 2.24) is 15.3 Å². The summed E-state index contributed by atoms with van der Waals surface area (Å²) in [6.45, 7) is 2.35. The van der Waals surface area contributed by atoms with E-state index in [1.165, 1.54) is 25.0 Å². The van der Waals surface area contributed by atoms with Gasteiger partial charge in [-0.1, -0.05) is 24.3 Å². The molecule has 0 radical (unpaired) electrons. The summed E-state index contributed by atoms with van der Waals surface area (Å²) in [6, 6.07) is 13.5. The molecule has 5 nitrogen and oxygen atoms in total. The summed E-state index contributed by atoms with van der Waals surface area (Å²) in [4.78, 5) is 23.6. The van der Waals surface area contributed by atoms with Gasteiger partial charge in [-0.25, -0.2) is 14.4 Å². The number of hydrogen-bond acceptors (Lipinski definition) is 4. The van der Waals surface area contributed by atoms with Crippen LogP contribution in [0.1, 0.15) is 28.8 Å². The largest absolute Gasteiger partial charge is 0.348 e. The van der Waals surface area contributed by atoms with Gasteiger partial charge in [-0.2, -0.15) is 0 Å². The number of aromatic nitrogens is 2. The molecular weight excluding hydrogens is 355 g/mol. The first-order valence-electron chi connectivity index (χ1n) is 9.39. The smallest absolute Gasteiger partial charge is 0.251 e. The molecule has 1 amide bonds. The molecule has 0 spiro atoms. The van der Waals surface area contributed by atoms with Gasteiger partial charge in [-0.15, -0.1) is 0 Å². The Labute approximate surface area is 163 Å². The molecule has 0 atom stereocenters.